The molecule has 0 atom stereocenters. The third kappa shape index (κ3) is 5.10. The van der Waals surface area contributed by atoms with Crippen LogP contribution in [-0.2, 0) is 11.2 Å². The number of benzene rings is 2. The number of rotatable bonds is 9. The number of para-hydroxylation sites is 1. The van der Waals surface area contributed by atoms with Crippen LogP contribution in [0.4, 0.5) is 11.4 Å². The zero-order valence-electron chi connectivity index (χ0n) is 14.7. The highest BCUT2D eigenvalue weighted by atomic mass is 16.6. The minimum Gasteiger partial charge on any atom is -0.493 e. The van der Waals surface area contributed by atoms with Gasteiger partial charge in [-0.15, -0.1) is 0 Å². The van der Waals surface area contributed by atoms with Crippen molar-refractivity contribution in [1.82, 2.24) is 5.32 Å². The molecule has 0 unspecified atom stereocenters. The second kappa shape index (κ2) is 9.26. The van der Waals surface area contributed by atoms with Crippen LogP contribution in [0.15, 0.2) is 42.5 Å². The number of hydrogen-bond donors (Lipinski definition) is 2. The Labute approximate surface area is 151 Å². The fraction of sp³-hybridized carbons (Fsp3) is 0.278. The summed E-state index contributed by atoms with van der Waals surface area (Å²) in [5.74, 6) is 0.501. The van der Waals surface area contributed by atoms with Gasteiger partial charge < -0.3 is 20.1 Å². The lowest BCUT2D eigenvalue weighted by Crippen LogP contribution is -2.31. The lowest BCUT2D eigenvalue weighted by atomic mass is 10.1. The average Bonchev–Trinajstić information content (AvgIpc) is 2.66. The van der Waals surface area contributed by atoms with Crippen molar-refractivity contribution in [3.8, 4) is 11.5 Å². The number of nitro benzene ring substituents is 1. The molecule has 0 aromatic heterocycles. The third-order valence-electron chi connectivity index (χ3n) is 3.72. The number of nitrogens with one attached hydrogen (secondary N) is 2. The highest BCUT2D eigenvalue weighted by molar-refractivity contribution is 5.80. The second-order valence-corrected chi connectivity index (χ2v) is 5.41. The molecule has 0 aliphatic carbocycles. The standard InChI is InChI=1S/C18H21N3O5/c1-25-16-10-13(15(21(23)24)11-17(16)26-2)8-9-19-18(22)12-20-14-6-4-3-5-7-14/h3-7,10-11,20H,8-9,12H2,1-2H3,(H,19,22). The molecule has 8 nitrogen and oxygen atoms in total. The minimum absolute atomic E-state index is 0.0701. The highest BCUT2D eigenvalue weighted by Gasteiger charge is 2.19. The summed E-state index contributed by atoms with van der Waals surface area (Å²) >= 11 is 0. The molecular weight excluding hydrogens is 338 g/mol. The van der Waals surface area contributed by atoms with E-state index in [9.17, 15) is 14.9 Å². The van der Waals surface area contributed by atoms with Gasteiger partial charge in [0.05, 0.1) is 31.8 Å². The quantitative estimate of drug-likeness (QED) is 0.526. The maximum Gasteiger partial charge on any atom is 0.276 e. The molecule has 0 heterocycles. The first kappa shape index (κ1) is 19.0. The monoisotopic (exact) mass is 359 g/mol. The van der Waals surface area contributed by atoms with Crippen LogP contribution in [0.3, 0.4) is 0 Å². The van der Waals surface area contributed by atoms with Gasteiger partial charge in [-0.1, -0.05) is 18.2 Å². The molecule has 138 valence electrons. The van der Waals surface area contributed by atoms with E-state index in [1.54, 1.807) is 6.07 Å². The van der Waals surface area contributed by atoms with Gasteiger partial charge >= 0.3 is 0 Å². The van der Waals surface area contributed by atoms with Crippen molar-refractivity contribution in [2.45, 2.75) is 6.42 Å². The van der Waals surface area contributed by atoms with E-state index in [4.69, 9.17) is 9.47 Å². The Bertz CT molecular complexity index is 765. The van der Waals surface area contributed by atoms with E-state index < -0.39 is 4.92 Å². The molecule has 0 saturated heterocycles. The molecular formula is C18H21N3O5. The van der Waals surface area contributed by atoms with Crippen LogP contribution in [0, 0.1) is 10.1 Å². The second-order valence-electron chi connectivity index (χ2n) is 5.41. The summed E-state index contributed by atoms with van der Waals surface area (Å²) in [6.07, 6.45) is 0.299. The molecule has 2 aromatic carbocycles. The molecule has 0 bridgehead atoms. The van der Waals surface area contributed by atoms with Crippen molar-refractivity contribution in [2.24, 2.45) is 0 Å². The number of anilines is 1. The maximum atomic E-state index is 11.9. The van der Waals surface area contributed by atoms with E-state index >= 15 is 0 Å². The Kier molecular flexibility index (Phi) is 6.78. The molecule has 0 fully saturated rings. The van der Waals surface area contributed by atoms with E-state index in [1.165, 1.54) is 20.3 Å². The van der Waals surface area contributed by atoms with Crippen LogP contribution < -0.4 is 20.1 Å². The summed E-state index contributed by atoms with van der Waals surface area (Å²) in [5.41, 5.74) is 1.24. The zero-order valence-corrected chi connectivity index (χ0v) is 14.7. The average molecular weight is 359 g/mol. The van der Waals surface area contributed by atoms with Gasteiger partial charge in [0.25, 0.3) is 5.69 Å². The summed E-state index contributed by atoms with van der Waals surface area (Å²) < 4.78 is 10.3. The van der Waals surface area contributed by atoms with E-state index in [0.29, 0.717) is 23.5 Å². The topological polar surface area (TPSA) is 103 Å². The molecule has 0 spiro atoms. The molecule has 2 rings (SSSR count). The maximum absolute atomic E-state index is 11.9. The number of nitrogens with zero attached hydrogens (tertiary/aromatic N) is 1. The van der Waals surface area contributed by atoms with Crippen LogP contribution in [0.5, 0.6) is 11.5 Å². The van der Waals surface area contributed by atoms with E-state index in [0.717, 1.165) is 5.69 Å². The van der Waals surface area contributed by atoms with Gasteiger partial charge in [-0.25, -0.2) is 0 Å². The molecule has 0 aliphatic heterocycles. The smallest absolute Gasteiger partial charge is 0.276 e. The Hall–Kier alpha value is -3.29. The summed E-state index contributed by atoms with van der Waals surface area (Å²) in [6.45, 7) is 0.393. The first-order chi connectivity index (χ1) is 12.5. The first-order valence-corrected chi connectivity index (χ1v) is 8.00. The number of carbonyl (C=O) groups excluding carboxylic acids is 1. The fourth-order valence-electron chi connectivity index (χ4n) is 2.42. The molecule has 0 saturated carbocycles. The largest absolute Gasteiger partial charge is 0.493 e. The van der Waals surface area contributed by atoms with Crippen LogP contribution in [0.2, 0.25) is 0 Å². The Morgan fingerprint density at radius 2 is 1.77 bits per heavy atom. The normalized spacial score (nSPS) is 10.1. The highest BCUT2D eigenvalue weighted by Crippen LogP contribution is 2.34. The number of nitro groups is 1. The summed E-state index contributed by atoms with van der Waals surface area (Å²) in [4.78, 5) is 22.7. The Morgan fingerprint density at radius 1 is 1.12 bits per heavy atom. The Morgan fingerprint density at radius 3 is 2.38 bits per heavy atom. The van der Waals surface area contributed by atoms with Gasteiger partial charge in [-0.05, 0) is 24.6 Å². The van der Waals surface area contributed by atoms with Gasteiger partial charge in [-0.2, -0.15) is 0 Å². The van der Waals surface area contributed by atoms with Crippen molar-refractivity contribution in [3.05, 3.63) is 58.1 Å². The van der Waals surface area contributed by atoms with Gasteiger partial charge in [0.1, 0.15) is 0 Å². The number of carbonyl (C=O) groups is 1. The lowest BCUT2D eigenvalue weighted by molar-refractivity contribution is -0.385. The van der Waals surface area contributed by atoms with Gasteiger partial charge in [0, 0.05) is 17.8 Å². The van der Waals surface area contributed by atoms with Crippen LogP contribution in [0.1, 0.15) is 5.56 Å². The Balaban J connectivity index is 1.93. The van der Waals surface area contributed by atoms with Crippen LogP contribution in [0.25, 0.3) is 0 Å². The third-order valence-corrected chi connectivity index (χ3v) is 3.72. The zero-order chi connectivity index (χ0) is 18.9. The molecule has 0 aliphatic rings. The van der Waals surface area contributed by atoms with Crippen LogP contribution in [-0.4, -0.2) is 38.1 Å². The van der Waals surface area contributed by atoms with Crippen LogP contribution >= 0.6 is 0 Å². The molecule has 26 heavy (non-hydrogen) atoms. The van der Waals surface area contributed by atoms with E-state index in [1.807, 2.05) is 30.3 Å². The van der Waals surface area contributed by atoms with E-state index in [-0.39, 0.29) is 24.7 Å². The van der Waals surface area contributed by atoms with Gasteiger partial charge in [0.15, 0.2) is 11.5 Å². The van der Waals surface area contributed by atoms with Crippen molar-refractivity contribution in [3.63, 3.8) is 0 Å². The number of hydrogen-bond acceptors (Lipinski definition) is 6. The fourth-order valence-corrected chi connectivity index (χ4v) is 2.42. The molecule has 2 aromatic rings. The predicted octanol–water partition coefficient (Wildman–Crippen LogP) is 2.38. The summed E-state index contributed by atoms with van der Waals surface area (Å²) in [7, 11) is 2.88. The lowest BCUT2D eigenvalue weighted by Gasteiger charge is -2.11. The molecule has 8 heteroatoms. The van der Waals surface area contributed by atoms with Gasteiger partial charge in [0.2, 0.25) is 5.91 Å². The van der Waals surface area contributed by atoms with Crippen molar-refractivity contribution >= 4 is 17.3 Å². The number of ether oxygens (including phenoxy) is 2. The van der Waals surface area contributed by atoms with E-state index in [2.05, 4.69) is 10.6 Å². The number of amides is 1. The minimum atomic E-state index is -0.476. The molecule has 2 N–H and O–H groups in total. The van der Waals surface area contributed by atoms with Crippen molar-refractivity contribution < 1.29 is 19.2 Å². The molecule has 0 radical (unpaired) electrons. The SMILES string of the molecule is COc1cc(CCNC(=O)CNc2ccccc2)c([N+](=O)[O-])cc1OC. The van der Waals surface area contributed by atoms with Crippen molar-refractivity contribution in [2.75, 3.05) is 32.6 Å². The molecule has 1 amide bonds. The summed E-state index contributed by atoms with van der Waals surface area (Å²) in [6, 6.07) is 12.2. The number of methoxy groups -OCH3 is 2. The van der Waals surface area contributed by atoms with Gasteiger partial charge in [-0.3, -0.25) is 14.9 Å². The summed E-state index contributed by atoms with van der Waals surface area (Å²) in [5, 5.41) is 17.0. The first-order valence-electron chi connectivity index (χ1n) is 8.00. The predicted molar refractivity (Wildman–Crippen MR) is 97.8 cm³/mol. The van der Waals surface area contributed by atoms with Crippen molar-refractivity contribution in [1.29, 1.82) is 0 Å².